The van der Waals surface area contributed by atoms with E-state index in [2.05, 4.69) is 16.8 Å². The number of piperidine rings is 1. The largest absolute Gasteiger partial charge is 0.444 e. The first kappa shape index (κ1) is 25.3. The summed E-state index contributed by atoms with van der Waals surface area (Å²) in [7, 11) is 3.94. The molecule has 0 bridgehead atoms. The van der Waals surface area contributed by atoms with Crippen molar-refractivity contribution in [2.75, 3.05) is 71.4 Å². The summed E-state index contributed by atoms with van der Waals surface area (Å²) < 4.78 is 11.4. The van der Waals surface area contributed by atoms with Crippen LogP contribution in [-0.2, 0) is 9.47 Å². The summed E-state index contributed by atoms with van der Waals surface area (Å²) in [5.74, 6) is 0.000609. The maximum atomic E-state index is 12.8. The topological polar surface area (TPSA) is 65.6 Å². The highest BCUT2D eigenvalue weighted by Gasteiger charge is 2.26. The maximum absolute atomic E-state index is 12.8. The molecule has 0 aromatic heterocycles. The molecule has 8 nitrogen and oxygen atoms in total. The van der Waals surface area contributed by atoms with Crippen molar-refractivity contribution in [2.45, 2.75) is 45.3 Å². The number of anilines is 1. The number of likely N-dealkylation sites (tertiary alicyclic amines) is 1. The fraction of sp³-hybridized carbons (Fsp3) is 0.680. The Morgan fingerprint density at radius 1 is 1.06 bits per heavy atom. The molecule has 2 saturated heterocycles. The van der Waals surface area contributed by atoms with E-state index in [1.807, 2.05) is 52.1 Å². The lowest BCUT2D eigenvalue weighted by Gasteiger charge is -2.36. The van der Waals surface area contributed by atoms with Gasteiger partial charge in [0.1, 0.15) is 5.60 Å². The average molecular weight is 461 g/mol. The Kier molecular flexibility index (Phi) is 8.59. The van der Waals surface area contributed by atoms with Gasteiger partial charge in [0.15, 0.2) is 0 Å². The quantitative estimate of drug-likeness (QED) is 0.650. The summed E-state index contributed by atoms with van der Waals surface area (Å²) in [4.78, 5) is 33.0. The van der Waals surface area contributed by atoms with Crippen molar-refractivity contribution in [3.05, 3.63) is 29.8 Å². The molecule has 0 saturated carbocycles. The van der Waals surface area contributed by atoms with Crippen LogP contribution in [0.1, 0.15) is 44.0 Å². The number of carbonyl (C=O) groups is 2. The molecule has 2 fully saturated rings. The summed E-state index contributed by atoms with van der Waals surface area (Å²) in [6.45, 7) is 11.6. The van der Waals surface area contributed by atoms with E-state index in [-0.39, 0.29) is 18.1 Å². The number of hydrogen-bond donors (Lipinski definition) is 0. The SMILES string of the molecule is CN1CCC[C@@H](OCCN(C)C(=O)c2ccc(N3CCN(C(=O)OC(C)(C)C)CC3)cc2)C1. The summed E-state index contributed by atoms with van der Waals surface area (Å²) >= 11 is 0. The molecule has 1 atom stereocenters. The van der Waals surface area contributed by atoms with Gasteiger partial charge in [-0.2, -0.15) is 0 Å². The van der Waals surface area contributed by atoms with Gasteiger partial charge >= 0.3 is 6.09 Å². The van der Waals surface area contributed by atoms with E-state index >= 15 is 0 Å². The highest BCUT2D eigenvalue weighted by molar-refractivity contribution is 5.94. The van der Waals surface area contributed by atoms with E-state index in [1.54, 1.807) is 9.80 Å². The van der Waals surface area contributed by atoms with Crippen LogP contribution >= 0.6 is 0 Å². The summed E-state index contributed by atoms with van der Waals surface area (Å²) in [6.07, 6.45) is 2.27. The van der Waals surface area contributed by atoms with Crippen LogP contribution < -0.4 is 4.90 Å². The van der Waals surface area contributed by atoms with Crippen LogP contribution in [0.4, 0.5) is 10.5 Å². The molecule has 184 valence electrons. The number of nitrogens with zero attached hydrogens (tertiary/aromatic N) is 4. The van der Waals surface area contributed by atoms with Crippen molar-refractivity contribution >= 4 is 17.7 Å². The number of rotatable bonds is 6. The fourth-order valence-electron chi connectivity index (χ4n) is 4.22. The number of likely N-dealkylation sites (N-methyl/N-ethyl adjacent to an activating group) is 2. The zero-order valence-electron chi connectivity index (χ0n) is 20.9. The monoisotopic (exact) mass is 460 g/mol. The highest BCUT2D eigenvalue weighted by atomic mass is 16.6. The Hall–Kier alpha value is -2.32. The molecule has 2 heterocycles. The number of hydrogen-bond acceptors (Lipinski definition) is 6. The standard InChI is InChI=1S/C25H40N4O4/c1-25(2,3)33-24(31)29-15-13-28(14-16-29)21-10-8-20(9-11-21)23(30)27(5)17-18-32-22-7-6-12-26(4)19-22/h8-11,22H,6-7,12-19H2,1-5H3/t22-/m1/s1. The second kappa shape index (κ2) is 11.2. The first-order valence-corrected chi connectivity index (χ1v) is 12.0. The first-order chi connectivity index (χ1) is 15.6. The maximum Gasteiger partial charge on any atom is 0.410 e. The molecule has 3 rings (SSSR count). The highest BCUT2D eigenvalue weighted by Crippen LogP contribution is 2.19. The van der Waals surface area contributed by atoms with Crippen LogP contribution in [0.25, 0.3) is 0 Å². The van der Waals surface area contributed by atoms with Gasteiger partial charge < -0.3 is 29.1 Å². The summed E-state index contributed by atoms with van der Waals surface area (Å²) in [6, 6.07) is 7.73. The molecule has 1 aromatic rings. The van der Waals surface area contributed by atoms with Gasteiger partial charge in [0, 0.05) is 57.6 Å². The van der Waals surface area contributed by atoms with Gasteiger partial charge in [0.25, 0.3) is 5.91 Å². The minimum atomic E-state index is -0.484. The molecule has 2 aliphatic heterocycles. The van der Waals surface area contributed by atoms with Gasteiger partial charge in [-0.15, -0.1) is 0 Å². The van der Waals surface area contributed by atoms with Gasteiger partial charge in [0.05, 0.1) is 12.7 Å². The van der Waals surface area contributed by atoms with Crippen molar-refractivity contribution in [2.24, 2.45) is 0 Å². The predicted molar refractivity (Wildman–Crippen MR) is 130 cm³/mol. The molecule has 0 aliphatic carbocycles. The Morgan fingerprint density at radius 2 is 1.73 bits per heavy atom. The molecule has 0 radical (unpaired) electrons. The van der Waals surface area contributed by atoms with E-state index in [9.17, 15) is 9.59 Å². The van der Waals surface area contributed by atoms with Crippen LogP contribution in [-0.4, -0.2) is 105 Å². The van der Waals surface area contributed by atoms with E-state index in [0.717, 1.165) is 38.3 Å². The smallest absolute Gasteiger partial charge is 0.410 e. The van der Waals surface area contributed by atoms with Crippen molar-refractivity contribution in [1.82, 2.24) is 14.7 Å². The van der Waals surface area contributed by atoms with Gasteiger partial charge in [-0.25, -0.2) is 4.79 Å². The molecule has 2 amide bonds. The predicted octanol–water partition coefficient (Wildman–Crippen LogP) is 2.93. The fourth-order valence-corrected chi connectivity index (χ4v) is 4.22. The van der Waals surface area contributed by atoms with Crippen LogP contribution in [0.15, 0.2) is 24.3 Å². The van der Waals surface area contributed by atoms with Gasteiger partial charge in [-0.3, -0.25) is 4.79 Å². The lowest BCUT2D eigenvalue weighted by atomic mass is 10.1. The number of benzene rings is 1. The second-order valence-corrected chi connectivity index (χ2v) is 10.1. The lowest BCUT2D eigenvalue weighted by Crippen LogP contribution is -2.50. The summed E-state index contributed by atoms with van der Waals surface area (Å²) in [5.41, 5.74) is 1.25. The molecular weight excluding hydrogens is 420 g/mol. The third kappa shape index (κ3) is 7.61. The van der Waals surface area contributed by atoms with Crippen LogP contribution in [0.3, 0.4) is 0 Å². The van der Waals surface area contributed by atoms with Crippen LogP contribution in [0.2, 0.25) is 0 Å². The molecule has 0 unspecified atom stereocenters. The molecular formula is C25H40N4O4. The minimum absolute atomic E-state index is 0.000609. The molecule has 0 N–H and O–H groups in total. The third-order valence-electron chi connectivity index (χ3n) is 6.12. The number of piperazine rings is 1. The molecule has 1 aromatic carbocycles. The number of amides is 2. The van der Waals surface area contributed by atoms with E-state index in [0.29, 0.717) is 31.8 Å². The number of ether oxygens (including phenoxy) is 2. The minimum Gasteiger partial charge on any atom is -0.444 e. The summed E-state index contributed by atoms with van der Waals surface area (Å²) in [5, 5.41) is 0. The normalized spacial score (nSPS) is 20.0. The van der Waals surface area contributed by atoms with Gasteiger partial charge in [-0.05, 0) is 71.5 Å². The van der Waals surface area contributed by atoms with Crippen molar-refractivity contribution in [3.8, 4) is 0 Å². The Morgan fingerprint density at radius 3 is 2.33 bits per heavy atom. The Bertz CT molecular complexity index is 785. The third-order valence-corrected chi connectivity index (χ3v) is 6.12. The molecule has 8 heteroatoms. The number of carbonyl (C=O) groups excluding carboxylic acids is 2. The first-order valence-electron chi connectivity index (χ1n) is 12.0. The van der Waals surface area contributed by atoms with Crippen molar-refractivity contribution in [1.29, 1.82) is 0 Å². The lowest BCUT2D eigenvalue weighted by molar-refractivity contribution is 0.0000388. The Balaban J connectivity index is 1.43. The van der Waals surface area contributed by atoms with Crippen LogP contribution in [0, 0.1) is 0 Å². The van der Waals surface area contributed by atoms with Crippen molar-refractivity contribution in [3.63, 3.8) is 0 Å². The van der Waals surface area contributed by atoms with Gasteiger partial charge in [0.2, 0.25) is 0 Å². The van der Waals surface area contributed by atoms with E-state index in [1.165, 1.54) is 6.42 Å². The van der Waals surface area contributed by atoms with Crippen LogP contribution in [0.5, 0.6) is 0 Å². The zero-order chi connectivity index (χ0) is 24.0. The van der Waals surface area contributed by atoms with E-state index < -0.39 is 5.60 Å². The zero-order valence-corrected chi connectivity index (χ0v) is 20.9. The second-order valence-electron chi connectivity index (χ2n) is 10.1. The van der Waals surface area contributed by atoms with Crippen molar-refractivity contribution < 1.29 is 19.1 Å². The van der Waals surface area contributed by atoms with E-state index in [4.69, 9.17) is 9.47 Å². The molecule has 2 aliphatic rings. The molecule has 0 spiro atoms. The van der Waals surface area contributed by atoms with Gasteiger partial charge in [-0.1, -0.05) is 0 Å². The Labute approximate surface area is 198 Å². The average Bonchev–Trinajstić information content (AvgIpc) is 2.77. The molecule has 33 heavy (non-hydrogen) atoms.